The average molecular weight is 1620 g/mol. The van der Waals surface area contributed by atoms with Gasteiger partial charge in [0.2, 0.25) is 0 Å². The molecule has 0 spiro atoms. The van der Waals surface area contributed by atoms with Gasteiger partial charge in [0.1, 0.15) is 92.1 Å². The lowest BCUT2D eigenvalue weighted by Gasteiger charge is -2.37. The minimum atomic E-state index is -0.290. The number of rotatable bonds is 54. The number of carbonyl (C=O) groups is 7. The lowest BCUT2D eigenvalue weighted by atomic mass is 10.2. The number of unbranched alkanes of at least 4 members (excludes halogenated alkanes) is 2. The Labute approximate surface area is 699 Å². The van der Waals surface area contributed by atoms with E-state index in [1.807, 2.05) is 51.1 Å². The summed E-state index contributed by atoms with van der Waals surface area (Å²) < 4.78 is 42.8. The van der Waals surface area contributed by atoms with Crippen LogP contribution in [0.25, 0.3) is 6.08 Å². The Hall–Kier alpha value is -6.59. The third-order valence-electron chi connectivity index (χ3n) is 20.0. The van der Waals surface area contributed by atoms with Crippen LogP contribution in [0.1, 0.15) is 215 Å². The number of allylic oxidation sites excluding steroid dienone is 4. The standard InChI is InChI=1S/2C15H30NO2.C14H20NO2.2C14H28NO2.C12H24NO2.C9H18NO2/c1-6-9-11-16(8-3,10-7-2)12-13-18-15(17)14(4)5;1-5-9-12-16(8-4,11-7-3)13-14-18-15(17)10-6-2;1-15(2,3)11-12-17-14(16)10-9-13-7-5-4-6-8-13;1-6-9-15(8-3,10-7-2)11-12-17-14(16)13(4)5;1-5-9-14(16)17-13-12-15(8-4,10-6-2)11-7-3;1-5-9-12(14)15-11-10-13(6-2,7-3)8-4;1-5-6-9(11)12-8-7-10(2,3)4/h4,6-13H2,1-3,5H3;6,10H,5,7-9,11-14H2,1-4H3;4-10H,11-12H2,1-3H3;4,6-12H2,1-3,5H3;5,9H,6-8,10-13H2,1-4H3;5,9H,6-8,10-11H2,1-4H3;5-6H,7-8H2,1-4H3/q7*+1/b;10-6+;10-9+;;2*9-5+;6-5+. The highest BCUT2D eigenvalue weighted by molar-refractivity contribution is 5.88. The Balaban J connectivity index is -0.000000299. The molecule has 2 atom stereocenters. The first kappa shape index (κ1) is 118. The zero-order chi connectivity index (χ0) is 88.4. The van der Waals surface area contributed by atoms with Gasteiger partial charge in [-0.2, -0.15) is 0 Å². The summed E-state index contributed by atoms with van der Waals surface area (Å²) in [5, 5.41) is 0. The fraction of sp³-hybridized carbons (Fsp3) is 0.710. The van der Waals surface area contributed by atoms with Crippen LogP contribution in [-0.2, 0) is 66.7 Å². The second kappa shape index (κ2) is 74.0. The fourth-order valence-electron chi connectivity index (χ4n) is 12.5. The van der Waals surface area contributed by atoms with Crippen LogP contribution in [-0.4, -0.2) is 306 Å². The second-order valence-electron chi connectivity index (χ2n) is 31.5. The first-order valence-corrected chi connectivity index (χ1v) is 43.5. The van der Waals surface area contributed by atoms with Crippen LogP contribution >= 0.6 is 0 Å². The molecule has 1 rings (SSSR count). The Morgan fingerprint density at radius 2 is 0.509 bits per heavy atom. The number of hydrogen-bond acceptors (Lipinski definition) is 14. The highest BCUT2D eigenvalue weighted by Crippen LogP contribution is 2.15. The Bertz CT molecular complexity index is 2760. The van der Waals surface area contributed by atoms with Crippen molar-refractivity contribution in [2.75, 3.05) is 233 Å². The lowest BCUT2D eigenvalue weighted by molar-refractivity contribution is -0.927. The maximum absolute atomic E-state index is 11.4. The predicted octanol–water partition coefficient (Wildman–Crippen LogP) is 16.6. The number of ether oxygens (including phenoxy) is 7. The summed E-state index contributed by atoms with van der Waals surface area (Å²) in [4.78, 5) is 78.4. The molecule has 0 aliphatic rings. The van der Waals surface area contributed by atoms with Gasteiger partial charge >= 0.3 is 41.8 Å². The van der Waals surface area contributed by atoms with E-state index in [-0.39, 0.29) is 41.8 Å². The molecule has 0 saturated heterocycles. The van der Waals surface area contributed by atoms with E-state index in [2.05, 4.69) is 159 Å². The molecule has 1 aromatic carbocycles. The number of benzene rings is 1. The van der Waals surface area contributed by atoms with E-state index in [4.69, 9.17) is 33.2 Å². The summed E-state index contributed by atoms with van der Waals surface area (Å²) >= 11 is 0. The summed E-state index contributed by atoms with van der Waals surface area (Å²) in [6.45, 7) is 77.8. The van der Waals surface area contributed by atoms with E-state index in [0.29, 0.717) is 57.4 Å². The molecule has 0 bridgehead atoms. The fourth-order valence-corrected chi connectivity index (χ4v) is 12.5. The lowest BCUT2D eigenvalue weighted by Crippen LogP contribution is -2.51. The van der Waals surface area contributed by atoms with Gasteiger partial charge in [-0.05, 0) is 153 Å². The van der Waals surface area contributed by atoms with Gasteiger partial charge < -0.3 is 64.5 Å². The highest BCUT2D eigenvalue weighted by atomic mass is 16.6. The monoisotopic (exact) mass is 1620 g/mol. The molecule has 0 saturated carbocycles. The van der Waals surface area contributed by atoms with Gasteiger partial charge in [-0.3, -0.25) is 0 Å². The molecular formula is C93H178N7O14+7. The van der Waals surface area contributed by atoms with Crippen LogP contribution in [0.2, 0.25) is 0 Å². The minimum absolute atomic E-state index is 0.223. The summed E-state index contributed by atoms with van der Waals surface area (Å²) in [5.41, 5.74) is 1.95. The van der Waals surface area contributed by atoms with Gasteiger partial charge in [-0.25, -0.2) is 33.6 Å². The van der Waals surface area contributed by atoms with E-state index >= 15 is 0 Å². The van der Waals surface area contributed by atoms with Crippen molar-refractivity contribution in [1.82, 2.24) is 0 Å². The molecule has 0 fully saturated rings. The van der Waals surface area contributed by atoms with Crippen LogP contribution < -0.4 is 0 Å². The molecule has 114 heavy (non-hydrogen) atoms. The summed E-state index contributed by atoms with van der Waals surface area (Å²) in [6.07, 6.45) is 27.8. The smallest absolute Gasteiger partial charge is 0.333 e. The van der Waals surface area contributed by atoms with E-state index < -0.39 is 0 Å². The Morgan fingerprint density at radius 1 is 0.289 bits per heavy atom. The van der Waals surface area contributed by atoms with Gasteiger partial charge in [0.15, 0.2) is 0 Å². The van der Waals surface area contributed by atoms with Gasteiger partial charge in [0.05, 0.1) is 140 Å². The van der Waals surface area contributed by atoms with Crippen molar-refractivity contribution in [3.63, 3.8) is 0 Å². The number of hydrogen-bond donors (Lipinski definition) is 0. The van der Waals surface area contributed by atoms with Crippen molar-refractivity contribution in [3.05, 3.63) is 115 Å². The SMILES string of the molecule is C/C=C/C(=O)OCC[N+](C)(C)C.C/C=C/C(=O)OCC[N+](CC)(CC)CC.C/C=C/C(=O)OCC[N+](CC)(CCC)CCC.C/C=C/C(=O)OCC[N+](CC)(CCC)CCCC.C=C(C)C(=O)OCC[N+](CC)(CCC)CCC.C=C(C)C(=O)OCC[N+](CC)(CCC)CCCC.C[N+](C)(C)CCOC(=O)/C=C/c1ccccc1. The molecule has 0 aliphatic heterocycles. The summed E-state index contributed by atoms with van der Waals surface area (Å²) in [6, 6.07) is 9.69. The van der Waals surface area contributed by atoms with Crippen molar-refractivity contribution >= 4 is 47.9 Å². The normalized spacial score (nSPS) is 12.6. The molecule has 1 aromatic rings. The van der Waals surface area contributed by atoms with Crippen molar-refractivity contribution in [2.24, 2.45) is 0 Å². The van der Waals surface area contributed by atoms with E-state index in [9.17, 15) is 33.6 Å². The van der Waals surface area contributed by atoms with Crippen LogP contribution in [0.5, 0.6) is 0 Å². The first-order valence-electron chi connectivity index (χ1n) is 43.5. The number of carbonyl (C=O) groups excluding carboxylic acids is 7. The van der Waals surface area contributed by atoms with Crippen LogP contribution in [0.4, 0.5) is 0 Å². The predicted molar refractivity (Wildman–Crippen MR) is 477 cm³/mol. The van der Waals surface area contributed by atoms with E-state index in [0.717, 1.165) is 142 Å². The minimum Gasteiger partial charge on any atom is -0.457 e. The Morgan fingerprint density at radius 3 is 0.719 bits per heavy atom. The molecule has 0 heterocycles. The molecule has 21 heteroatoms. The molecular weight excluding hydrogens is 1440 g/mol. The van der Waals surface area contributed by atoms with Gasteiger partial charge in [0.25, 0.3) is 0 Å². The van der Waals surface area contributed by atoms with Crippen molar-refractivity contribution < 1.29 is 98.1 Å². The van der Waals surface area contributed by atoms with Crippen molar-refractivity contribution in [2.45, 2.75) is 210 Å². The quantitative estimate of drug-likeness (QED) is 0.0260. The van der Waals surface area contributed by atoms with Gasteiger partial charge in [0, 0.05) is 41.5 Å². The summed E-state index contributed by atoms with van der Waals surface area (Å²) in [7, 11) is 12.4. The molecule has 0 aromatic heterocycles. The molecule has 2 unspecified atom stereocenters. The third-order valence-corrected chi connectivity index (χ3v) is 20.0. The van der Waals surface area contributed by atoms with Crippen LogP contribution in [0.15, 0.2) is 109 Å². The zero-order valence-corrected chi connectivity index (χ0v) is 78.5. The molecule has 21 nitrogen and oxygen atoms in total. The highest BCUT2D eigenvalue weighted by Gasteiger charge is 2.28. The largest absolute Gasteiger partial charge is 0.457 e. The molecule has 0 radical (unpaired) electrons. The second-order valence-corrected chi connectivity index (χ2v) is 31.5. The third kappa shape index (κ3) is 67.6. The molecule has 0 amide bonds. The first-order chi connectivity index (χ1) is 53.9. The number of nitrogens with zero attached hydrogens (tertiary/aromatic N) is 7. The molecule has 0 aliphatic carbocycles. The molecule has 0 N–H and O–H groups in total. The van der Waals surface area contributed by atoms with Gasteiger partial charge in [-0.15, -0.1) is 0 Å². The number of likely N-dealkylation sites (N-methyl/N-ethyl adjacent to an activating group) is 7. The molecule has 662 valence electrons. The summed E-state index contributed by atoms with van der Waals surface area (Å²) in [5.74, 6) is -1.77. The number of quaternary nitrogens is 7. The average Bonchev–Trinajstić information content (AvgIpc) is 0.853. The number of esters is 7. The maximum atomic E-state index is 11.4. The van der Waals surface area contributed by atoms with E-state index in [1.54, 1.807) is 51.2 Å². The Kier molecular flexibility index (Phi) is 76.8. The van der Waals surface area contributed by atoms with Gasteiger partial charge in [-0.1, -0.05) is 136 Å². The van der Waals surface area contributed by atoms with Crippen LogP contribution in [0, 0.1) is 0 Å². The maximum Gasteiger partial charge on any atom is 0.333 e. The topological polar surface area (TPSA) is 184 Å². The zero-order valence-electron chi connectivity index (χ0n) is 78.5. The van der Waals surface area contributed by atoms with Crippen molar-refractivity contribution in [1.29, 1.82) is 0 Å². The van der Waals surface area contributed by atoms with Crippen molar-refractivity contribution in [3.8, 4) is 0 Å². The van der Waals surface area contributed by atoms with E-state index in [1.165, 1.54) is 134 Å². The van der Waals surface area contributed by atoms with Crippen LogP contribution in [0.3, 0.4) is 0 Å².